The molecule has 4 rings (SSSR count). The van der Waals surface area contributed by atoms with E-state index in [9.17, 15) is 24.3 Å². The van der Waals surface area contributed by atoms with Crippen molar-refractivity contribution in [3.8, 4) is 0 Å². The zero-order chi connectivity index (χ0) is 39.7. The van der Waals surface area contributed by atoms with Crippen LogP contribution in [0.4, 0.5) is 9.59 Å². The van der Waals surface area contributed by atoms with Crippen molar-refractivity contribution in [3.63, 3.8) is 0 Å². The normalized spacial score (nSPS) is 17.3. The lowest BCUT2D eigenvalue weighted by molar-refractivity contribution is -0.126. The van der Waals surface area contributed by atoms with Gasteiger partial charge in [0.1, 0.15) is 25.3 Å². The zero-order valence-corrected chi connectivity index (χ0v) is 32.8. The third-order valence-corrected chi connectivity index (χ3v) is 10.1. The number of benzene rings is 3. The van der Waals surface area contributed by atoms with E-state index in [1.165, 1.54) is 0 Å². The van der Waals surface area contributed by atoms with E-state index in [2.05, 4.69) is 26.2 Å². The minimum absolute atomic E-state index is 0.0388. The first-order chi connectivity index (χ1) is 26.4. The molecule has 0 bridgehead atoms. The molecule has 5 N–H and O–H groups in total. The molecule has 0 spiro atoms. The molecule has 1 heterocycles. The van der Waals surface area contributed by atoms with Crippen LogP contribution in [-0.2, 0) is 38.5 Å². The Kier molecular flexibility index (Phi) is 17.0. The number of aliphatic hydroxyl groups is 1. The summed E-state index contributed by atoms with van der Waals surface area (Å²) in [5.41, 5.74) is 2.51. The summed E-state index contributed by atoms with van der Waals surface area (Å²) >= 11 is 0. The Morgan fingerprint density at radius 3 is 1.53 bits per heavy atom. The molecule has 298 valence electrons. The van der Waals surface area contributed by atoms with E-state index in [0.717, 1.165) is 42.5 Å². The molecule has 3 aromatic rings. The standard InChI is InChI=1S/C43H59N5O7/c1-29(2)37(46-42(52)54-27-33-21-13-8-14-22-33)40(50)44-35(25-31-17-9-6-10-18-31)39(49)36(26-32-19-11-7-12-20-32)45-41(51)38(30(3)4)47-43(53)55-28-34-23-15-16-24-48(34)5/h6-14,17-22,29-30,34-39,49H,15-16,23-28H2,1-5H3,(H,44,50)(H,45,51)(H,46,52)(H,47,53)/t34?,35-,36-,37-,38-,39-/m0/s1. The second-order valence-electron chi connectivity index (χ2n) is 15.1. The molecule has 55 heavy (non-hydrogen) atoms. The number of hydrogen-bond donors (Lipinski definition) is 5. The molecule has 0 aliphatic carbocycles. The van der Waals surface area contributed by atoms with Gasteiger partial charge in [0, 0.05) is 6.04 Å². The second-order valence-corrected chi connectivity index (χ2v) is 15.1. The van der Waals surface area contributed by atoms with Gasteiger partial charge in [0.2, 0.25) is 11.8 Å². The number of amides is 4. The number of piperidine rings is 1. The van der Waals surface area contributed by atoms with Gasteiger partial charge in [0.05, 0.1) is 18.2 Å². The van der Waals surface area contributed by atoms with Crippen molar-refractivity contribution < 1.29 is 33.8 Å². The first-order valence-electron chi connectivity index (χ1n) is 19.4. The highest BCUT2D eigenvalue weighted by Gasteiger charge is 2.36. The van der Waals surface area contributed by atoms with Crippen LogP contribution in [0.5, 0.6) is 0 Å². The average Bonchev–Trinajstić information content (AvgIpc) is 3.18. The quantitative estimate of drug-likeness (QED) is 0.122. The predicted octanol–water partition coefficient (Wildman–Crippen LogP) is 4.99. The molecule has 0 aromatic heterocycles. The molecule has 0 radical (unpaired) electrons. The average molecular weight is 758 g/mol. The van der Waals surface area contributed by atoms with Crippen LogP contribution in [0, 0.1) is 11.8 Å². The maximum absolute atomic E-state index is 14.0. The number of nitrogens with one attached hydrogen (secondary N) is 4. The Hall–Kier alpha value is -4.94. The predicted molar refractivity (Wildman–Crippen MR) is 212 cm³/mol. The smallest absolute Gasteiger partial charge is 0.408 e. The molecule has 4 amide bonds. The van der Waals surface area contributed by atoms with Crippen molar-refractivity contribution in [2.45, 2.75) is 103 Å². The van der Waals surface area contributed by atoms with Crippen LogP contribution in [0.3, 0.4) is 0 Å². The minimum Gasteiger partial charge on any atom is -0.448 e. The van der Waals surface area contributed by atoms with Gasteiger partial charge in [-0.3, -0.25) is 9.59 Å². The van der Waals surface area contributed by atoms with E-state index < -0.39 is 54.3 Å². The number of carbonyl (C=O) groups excluding carboxylic acids is 4. The highest BCUT2D eigenvalue weighted by Crippen LogP contribution is 2.17. The fourth-order valence-corrected chi connectivity index (χ4v) is 6.73. The van der Waals surface area contributed by atoms with Crippen molar-refractivity contribution >= 4 is 24.0 Å². The molecule has 1 aliphatic rings. The minimum atomic E-state index is -1.30. The summed E-state index contributed by atoms with van der Waals surface area (Å²) < 4.78 is 11.0. The SMILES string of the molecule is CC(C)[C@H](NC(=O)OCc1ccccc1)C(=O)N[C@@H](Cc1ccccc1)[C@H](O)[C@H](Cc1ccccc1)NC(=O)[C@@H](NC(=O)OCC1CCCCN1C)C(C)C. The number of rotatable bonds is 18. The summed E-state index contributed by atoms with van der Waals surface area (Å²) in [4.78, 5) is 56.0. The van der Waals surface area contributed by atoms with Crippen LogP contribution < -0.4 is 21.3 Å². The highest BCUT2D eigenvalue weighted by molar-refractivity contribution is 5.87. The molecule has 3 aromatic carbocycles. The van der Waals surface area contributed by atoms with Crippen LogP contribution in [-0.4, -0.2) is 90.5 Å². The second kappa shape index (κ2) is 21.8. The van der Waals surface area contributed by atoms with Gasteiger partial charge in [-0.25, -0.2) is 9.59 Å². The van der Waals surface area contributed by atoms with Crippen LogP contribution in [0.2, 0.25) is 0 Å². The van der Waals surface area contributed by atoms with Crippen LogP contribution in [0.25, 0.3) is 0 Å². The van der Waals surface area contributed by atoms with E-state index in [1.807, 2.05) is 112 Å². The highest BCUT2D eigenvalue weighted by atomic mass is 16.6. The fraction of sp³-hybridized carbons (Fsp3) is 0.488. The maximum Gasteiger partial charge on any atom is 0.408 e. The number of hydrogen-bond acceptors (Lipinski definition) is 8. The summed E-state index contributed by atoms with van der Waals surface area (Å²) in [7, 11) is 2.02. The van der Waals surface area contributed by atoms with Crippen LogP contribution in [0.15, 0.2) is 91.0 Å². The molecule has 12 nitrogen and oxygen atoms in total. The van der Waals surface area contributed by atoms with Crippen molar-refractivity contribution in [1.82, 2.24) is 26.2 Å². The Bertz CT molecular complexity index is 1630. The number of alkyl carbamates (subject to hydrolysis) is 2. The van der Waals surface area contributed by atoms with Crippen molar-refractivity contribution in [3.05, 3.63) is 108 Å². The van der Waals surface area contributed by atoms with Gasteiger partial charge in [-0.05, 0) is 67.8 Å². The van der Waals surface area contributed by atoms with Crippen molar-refractivity contribution in [2.75, 3.05) is 20.2 Å². The van der Waals surface area contributed by atoms with Gasteiger partial charge in [-0.15, -0.1) is 0 Å². The molecule has 1 saturated heterocycles. The van der Waals surface area contributed by atoms with Gasteiger partial charge in [-0.1, -0.05) is 125 Å². The monoisotopic (exact) mass is 757 g/mol. The summed E-state index contributed by atoms with van der Waals surface area (Å²) in [6.07, 6.45) is 0.850. The molecule has 1 unspecified atom stereocenters. The molecule has 0 saturated carbocycles. The number of aliphatic hydroxyl groups excluding tert-OH is 1. The topological polar surface area (TPSA) is 158 Å². The Morgan fingerprint density at radius 2 is 1.09 bits per heavy atom. The number of likely N-dealkylation sites (tertiary alicyclic amines) is 1. The Morgan fingerprint density at radius 1 is 0.655 bits per heavy atom. The van der Waals surface area contributed by atoms with E-state index in [-0.39, 0.29) is 43.9 Å². The van der Waals surface area contributed by atoms with Crippen LogP contribution >= 0.6 is 0 Å². The number of carbonyl (C=O) groups is 4. The largest absolute Gasteiger partial charge is 0.448 e. The molecular weight excluding hydrogens is 699 g/mol. The Balaban J connectivity index is 1.52. The van der Waals surface area contributed by atoms with Crippen LogP contribution in [0.1, 0.15) is 63.6 Å². The van der Waals surface area contributed by atoms with Gasteiger partial charge < -0.3 is 40.7 Å². The third-order valence-electron chi connectivity index (χ3n) is 10.1. The summed E-state index contributed by atoms with van der Waals surface area (Å²) in [5, 5.41) is 23.7. The third kappa shape index (κ3) is 14.0. The lowest BCUT2D eigenvalue weighted by Crippen LogP contribution is -2.61. The molecule has 1 aliphatic heterocycles. The zero-order valence-electron chi connectivity index (χ0n) is 32.8. The lowest BCUT2D eigenvalue weighted by atomic mass is 9.91. The van der Waals surface area contributed by atoms with Gasteiger partial charge in [-0.2, -0.15) is 0 Å². The number of ether oxygens (including phenoxy) is 2. The lowest BCUT2D eigenvalue weighted by Gasteiger charge is -2.34. The van der Waals surface area contributed by atoms with Crippen molar-refractivity contribution in [2.24, 2.45) is 11.8 Å². The summed E-state index contributed by atoms with van der Waals surface area (Å²) in [6.45, 7) is 8.47. The van der Waals surface area contributed by atoms with Gasteiger partial charge in [0.25, 0.3) is 0 Å². The molecule has 6 atom stereocenters. The number of nitrogens with zero attached hydrogens (tertiary/aromatic N) is 1. The fourth-order valence-electron chi connectivity index (χ4n) is 6.73. The first-order valence-corrected chi connectivity index (χ1v) is 19.4. The first kappa shape index (κ1) is 42.8. The molecule has 12 heteroatoms. The number of likely N-dealkylation sites (N-methyl/N-ethyl adjacent to an activating group) is 1. The van der Waals surface area contributed by atoms with Crippen molar-refractivity contribution in [1.29, 1.82) is 0 Å². The van der Waals surface area contributed by atoms with E-state index >= 15 is 0 Å². The summed E-state index contributed by atoms with van der Waals surface area (Å²) in [6, 6.07) is 24.5. The summed E-state index contributed by atoms with van der Waals surface area (Å²) in [5.74, 6) is -1.63. The molecule has 1 fully saturated rings. The molecular formula is C43H59N5O7. The van der Waals surface area contributed by atoms with Gasteiger partial charge in [0.15, 0.2) is 0 Å². The Labute approximate surface area is 325 Å². The maximum atomic E-state index is 14.0. The van der Waals surface area contributed by atoms with Gasteiger partial charge >= 0.3 is 12.2 Å². The van der Waals surface area contributed by atoms with E-state index in [4.69, 9.17) is 9.47 Å². The van der Waals surface area contributed by atoms with E-state index in [1.54, 1.807) is 13.8 Å². The van der Waals surface area contributed by atoms with E-state index in [0.29, 0.717) is 0 Å².